The first-order valence-corrected chi connectivity index (χ1v) is 7.97. The topological polar surface area (TPSA) is 35.8 Å². The zero-order valence-corrected chi connectivity index (χ0v) is 13.8. The fraction of sp³-hybridized carbons (Fsp3) is 0.562. The van der Waals surface area contributed by atoms with Crippen LogP contribution in [0.4, 0.5) is 10.1 Å². The van der Waals surface area contributed by atoms with Gasteiger partial charge in [0.05, 0.1) is 15.7 Å². The van der Waals surface area contributed by atoms with Gasteiger partial charge < -0.3 is 5.32 Å². The quantitative estimate of drug-likeness (QED) is 0.636. The second kappa shape index (κ2) is 8.97. The van der Waals surface area contributed by atoms with Crippen molar-refractivity contribution in [2.24, 2.45) is 5.92 Å². The van der Waals surface area contributed by atoms with Crippen molar-refractivity contribution in [2.45, 2.75) is 46.0 Å². The SMILES string of the molecule is CC(C)CCCCCCNc1ccc(C#N)c(Br)c1F. The Morgan fingerprint density at radius 3 is 2.60 bits per heavy atom. The molecule has 0 saturated carbocycles. The molecule has 2 nitrogen and oxygen atoms in total. The van der Waals surface area contributed by atoms with Crippen LogP contribution in [0.25, 0.3) is 0 Å². The molecule has 0 aliphatic rings. The molecule has 0 radical (unpaired) electrons. The third kappa shape index (κ3) is 5.50. The van der Waals surface area contributed by atoms with Gasteiger partial charge in [0.2, 0.25) is 0 Å². The van der Waals surface area contributed by atoms with E-state index in [0.717, 1.165) is 18.9 Å². The molecule has 0 saturated heterocycles. The summed E-state index contributed by atoms with van der Waals surface area (Å²) in [6.45, 7) is 5.25. The molecule has 0 heterocycles. The van der Waals surface area contributed by atoms with Gasteiger partial charge >= 0.3 is 0 Å². The second-order valence-corrected chi connectivity index (χ2v) is 6.22. The Hall–Kier alpha value is -1.08. The Morgan fingerprint density at radius 2 is 1.95 bits per heavy atom. The molecule has 1 aromatic carbocycles. The highest BCUT2D eigenvalue weighted by Crippen LogP contribution is 2.26. The molecule has 20 heavy (non-hydrogen) atoms. The van der Waals surface area contributed by atoms with Gasteiger partial charge in [0, 0.05) is 6.54 Å². The van der Waals surface area contributed by atoms with E-state index < -0.39 is 0 Å². The molecule has 0 unspecified atom stereocenters. The normalized spacial score (nSPS) is 10.6. The maximum absolute atomic E-state index is 13.9. The zero-order valence-electron chi connectivity index (χ0n) is 12.2. The van der Waals surface area contributed by atoms with Crippen LogP contribution in [-0.4, -0.2) is 6.54 Å². The van der Waals surface area contributed by atoms with E-state index in [2.05, 4.69) is 35.1 Å². The van der Waals surface area contributed by atoms with Crippen molar-refractivity contribution in [3.8, 4) is 6.07 Å². The zero-order chi connectivity index (χ0) is 15.0. The Bertz CT molecular complexity index is 466. The molecule has 0 atom stereocenters. The van der Waals surface area contributed by atoms with Crippen LogP contribution in [0.1, 0.15) is 51.5 Å². The molecule has 0 aliphatic carbocycles. The number of halogens is 2. The fourth-order valence-corrected chi connectivity index (χ4v) is 2.46. The molecule has 0 aliphatic heterocycles. The number of unbranched alkanes of at least 4 members (excludes halogenated alkanes) is 3. The van der Waals surface area contributed by atoms with Crippen LogP contribution in [0.2, 0.25) is 0 Å². The maximum Gasteiger partial charge on any atom is 0.161 e. The van der Waals surface area contributed by atoms with Crippen molar-refractivity contribution in [3.63, 3.8) is 0 Å². The van der Waals surface area contributed by atoms with Crippen molar-refractivity contribution in [1.82, 2.24) is 0 Å². The summed E-state index contributed by atoms with van der Waals surface area (Å²) in [5.41, 5.74) is 0.778. The van der Waals surface area contributed by atoms with Crippen LogP contribution in [0.5, 0.6) is 0 Å². The lowest BCUT2D eigenvalue weighted by atomic mass is 10.0. The summed E-state index contributed by atoms with van der Waals surface area (Å²) >= 11 is 3.11. The van der Waals surface area contributed by atoms with Crippen LogP contribution in [0, 0.1) is 23.1 Å². The highest BCUT2D eigenvalue weighted by atomic mass is 79.9. The smallest absolute Gasteiger partial charge is 0.161 e. The summed E-state index contributed by atoms with van der Waals surface area (Å²) in [7, 11) is 0. The summed E-state index contributed by atoms with van der Waals surface area (Å²) in [6, 6.07) is 5.19. The highest BCUT2D eigenvalue weighted by molar-refractivity contribution is 9.10. The first-order chi connectivity index (χ1) is 9.56. The first kappa shape index (κ1) is 17.0. The average Bonchev–Trinajstić information content (AvgIpc) is 2.42. The number of benzene rings is 1. The predicted molar refractivity (Wildman–Crippen MR) is 85.2 cm³/mol. The summed E-state index contributed by atoms with van der Waals surface area (Å²) in [5.74, 6) is 0.391. The van der Waals surface area contributed by atoms with Crippen LogP contribution < -0.4 is 5.32 Å². The van der Waals surface area contributed by atoms with Gasteiger partial charge in [-0.15, -0.1) is 0 Å². The molecule has 110 valence electrons. The predicted octanol–water partition coefficient (Wildman–Crippen LogP) is 5.48. The highest BCUT2D eigenvalue weighted by Gasteiger charge is 2.10. The van der Waals surface area contributed by atoms with Crippen molar-refractivity contribution >= 4 is 21.6 Å². The third-order valence-corrected chi connectivity index (χ3v) is 4.00. The van der Waals surface area contributed by atoms with E-state index in [1.807, 2.05) is 6.07 Å². The minimum absolute atomic E-state index is 0.238. The van der Waals surface area contributed by atoms with Gasteiger partial charge in [-0.05, 0) is 40.4 Å². The molecule has 0 spiro atoms. The van der Waals surface area contributed by atoms with Crippen molar-refractivity contribution < 1.29 is 4.39 Å². The van der Waals surface area contributed by atoms with E-state index in [4.69, 9.17) is 5.26 Å². The summed E-state index contributed by atoms with van der Waals surface area (Å²) in [4.78, 5) is 0. The monoisotopic (exact) mass is 340 g/mol. The van der Waals surface area contributed by atoms with E-state index in [1.165, 1.54) is 25.7 Å². The summed E-state index contributed by atoms with van der Waals surface area (Å²) in [5, 5.41) is 11.9. The largest absolute Gasteiger partial charge is 0.383 e. The molecule has 0 bridgehead atoms. The number of hydrogen-bond acceptors (Lipinski definition) is 2. The van der Waals surface area contributed by atoms with Crippen molar-refractivity contribution in [2.75, 3.05) is 11.9 Å². The van der Waals surface area contributed by atoms with E-state index >= 15 is 0 Å². The van der Waals surface area contributed by atoms with Crippen molar-refractivity contribution in [3.05, 3.63) is 28.0 Å². The van der Waals surface area contributed by atoms with Crippen LogP contribution in [0.3, 0.4) is 0 Å². The number of nitrogens with zero attached hydrogens (tertiary/aromatic N) is 1. The Balaban J connectivity index is 2.29. The van der Waals surface area contributed by atoms with Gasteiger partial charge in [-0.2, -0.15) is 5.26 Å². The van der Waals surface area contributed by atoms with Gasteiger partial charge in [0.25, 0.3) is 0 Å². The maximum atomic E-state index is 13.9. The Kier molecular flexibility index (Phi) is 7.61. The molecule has 1 N–H and O–H groups in total. The molecule has 4 heteroatoms. The molecule has 1 rings (SSSR count). The number of rotatable bonds is 8. The van der Waals surface area contributed by atoms with Crippen LogP contribution in [-0.2, 0) is 0 Å². The lowest BCUT2D eigenvalue weighted by Crippen LogP contribution is -2.04. The van der Waals surface area contributed by atoms with E-state index in [9.17, 15) is 4.39 Å². The molecular weight excluding hydrogens is 319 g/mol. The second-order valence-electron chi connectivity index (χ2n) is 5.42. The first-order valence-electron chi connectivity index (χ1n) is 7.18. The standard InChI is InChI=1S/C16H22BrFN2/c1-12(2)7-5-3-4-6-10-20-14-9-8-13(11-19)15(17)16(14)18/h8-9,12,20H,3-7,10H2,1-2H3. The minimum atomic E-state index is -0.385. The van der Waals surface area contributed by atoms with Gasteiger partial charge in [0.1, 0.15) is 6.07 Å². The summed E-state index contributed by atoms with van der Waals surface area (Å²) < 4.78 is 14.1. The fourth-order valence-electron chi connectivity index (χ4n) is 2.03. The minimum Gasteiger partial charge on any atom is -0.383 e. The number of anilines is 1. The molecule has 1 aromatic rings. The Labute approximate surface area is 129 Å². The number of hydrogen-bond donors (Lipinski definition) is 1. The van der Waals surface area contributed by atoms with E-state index in [1.54, 1.807) is 12.1 Å². The Morgan fingerprint density at radius 1 is 1.25 bits per heavy atom. The van der Waals surface area contributed by atoms with Crippen LogP contribution >= 0.6 is 15.9 Å². The van der Waals surface area contributed by atoms with Crippen molar-refractivity contribution in [1.29, 1.82) is 5.26 Å². The van der Waals surface area contributed by atoms with Gasteiger partial charge in [-0.25, -0.2) is 4.39 Å². The van der Waals surface area contributed by atoms with Gasteiger partial charge in [-0.3, -0.25) is 0 Å². The molecule has 0 amide bonds. The molecule has 0 fully saturated rings. The van der Waals surface area contributed by atoms with Crippen LogP contribution in [0.15, 0.2) is 16.6 Å². The number of nitriles is 1. The molecular formula is C16H22BrFN2. The van der Waals surface area contributed by atoms with E-state index in [0.29, 0.717) is 11.3 Å². The lowest BCUT2D eigenvalue weighted by Gasteiger charge is -2.09. The van der Waals surface area contributed by atoms with Gasteiger partial charge in [0.15, 0.2) is 5.82 Å². The van der Waals surface area contributed by atoms with Gasteiger partial charge in [-0.1, -0.05) is 39.5 Å². The average molecular weight is 341 g/mol. The van der Waals surface area contributed by atoms with E-state index in [-0.39, 0.29) is 10.3 Å². The lowest BCUT2D eigenvalue weighted by molar-refractivity contribution is 0.522. The number of nitrogens with one attached hydrogen (secondary N) is 1. The molecule has 0 aromatic heterocycles. The summed E-state index contributed by atoms with van der Waals surface area (Å²) in [6.07, 6.45) is 5.99. The third-order valence-electron chi connectivity index (χ3n) is 3.23.